The van der Waals surface area contributed by atoms with Crippen LogP contribution >= 0.6 is 0 Å². The van der Waals surface area contributed by atoms with E-state index in [4.69, 9.17) is 23.7 Å². The Bertz CT molecular complexity index is 1630. The Morgan fingerprint density at radius 1 is 0.453 bits per heavy atom. The second kappa shape index (κ2) is 50.7. The van der Waals surface area contributed by atoms with Crippen molar-refractivity contribution in [1.29, 1.82) is 0 Å². The van der Waals surface area contributed by atoms with E-state index in [1.165, 1.54) is 57.8 Å². The van der Waals surface area contributed by atoms with E-state index in [1.807, 2.05) is 0 Å². The van der Waals surface area contributed by atoms with Gasteiger partial charge in [0.15, 0.2) is 24.6 Å². The molecule has 0 saturated carbocycles. The summed E-state index contributed by atoms with van der Waals surface area (Å²) in [5.41, 5.74) is 0. The average molecular weight is 1050 g/mol. The number of hydrogen-bond acceptors (Lipinski definition) is 11. The van der Waals surface area contributed by atoms with Crippen LogP contribution in [0.25, 0.3) is 0 Å². The van der Waals surface area contributed by atoms with Gasteiger partial charge in [-0.15, -0.1) is 0 Å². The summed E-state index contributed by atoms with van der Waals surface area (Å²) in [7, 11) is 0. The van der Waals surface area contributed by atoms with E-state index in [9.17, 15) is 34.5 Å². The molecule has 1 aliphatic heterocycles. The minimum Gasteiger partial charge on any atom is -0.479 e. The molecule has 12 nitrogen and oxygen atoms in total. The summed E-state index contributed by atoms with van der Waals surface area (Å²) in [5.74, 6) is -3.19. The number of hydrogen-bond donors (Lipinski definition) is 3. The molecule has 1 fully saturated rings. The normalized spacial score (nSPS) is 18.8. The third-order valence-corrected chi connectivity index (χ3v) is 13.0. The highest BCUT2D eigenvalue weighted by Gasteiger charge is 2.50. The first-order chi connectivity index (χ1) is 36.6. The Morgan fingerprint density at radius 3 is 1.31 bits per heavy atom. The fourth-order valence-electron chi connectivity index (χ4n) is 8.49. The van der Waals surface area contributed by atoms with Gasteiger partial charge in [-0.25, -0.2) is 4.79 Å². The van der Waals surface area contributed by atoms with Crippen LogP contribution in [-0.2, 0) is 42.9 Å². The molecule has 0 aromatic carbocycles. The van der Waals surface area contributed by atoms with Crippen molar-refractivity contribution < 1.29 is 58.2 Å². The molecule has 428 valence electrons. The fourth-order valence-corrected chi connectivity index (χ4v) is 8.49. The van der Waals surface area contributed by atoms with E-state index in [1.54, 1.807) is 0 Å². The van der Waals surface area contributed by atoms with Crippen LogP contribution in [0.4, 0.5) is 0 Å². The topological polar surface area (TPSA) is 175 Å². The van der Waals surface area contributed by atoms with E-state index < -0.39 is 67.3 Å². The van der Waals surface area contributed by atoms with Gasteiger partial charge in [-0.2, -0.15) is 0 Å². The molecule has 0 radical (unpaired) electrons. The monoisotopic (exact) mass is 1050 g/mol. The first kappa shape index (κ1) is 68.9. The molecule has 12 heteroatoms. The van der Waals surface area contributed by atoms with Crippen molar-refractivity contribution in [2.75, 3.05) is 13.2 Å². The van der Waals surface area contributed by atoms with Gasteiger partial charge in [0.1, 0.15) is 18.8 Å². The molecule has 1 aliphatic rings. The second-order valence-corrected chi connectivity index (χ2v) is 19.9. The third kappa shape index (κ3) is 40.8. The lowest BCUT2D eigenvalue weighted by Crippen LogP contribution is -2.61. The van der Waals surface area contributed by atoms with Crippen molar-refractivity contribution in [2.24, 2.45) is 0 Å². The molecule has 6 unspecified atom stereocenters. The average Bonchev–Trinajstić information content (AvgIpc) is 3.39. The fraction of sp³-hybridized carbons (Fsp3) is 0.714. The number of ether oxygens (including phenoxy) is 5. The van der Waals surface area contributed by atoms with Crippen LogP contribution in [0.15, 0.2) is 85.1 Å². The summed E-state index contributed by atoms with van der Waals surface area (Å²) < 4.78 is 28.4. The van der Waals surface area contributed by atoms with Crippen molar-refractivity contribution in [1.82, 2.24) is 0 Å². The number of carbonyl (C=O) groups is 4. The first-order valence-electron chi connectivity index (χ1n) is 29.6. The molecular weight excluding hydrogens is 949 g/mol. The minimum absolute atomic E-state index is 0.0544. The number of rotatable bonds is 49. The van der Waals surface area contributed by atoms with Crippen molar-refractivity contribution in [2.45, 2.75) is 276 Å². The maximum Gasteiger partial charge on any atom is 0.335 e. The Kier molecular flexibility index (Phi) is 46.6. The van der Waals surface area contributed by atoms with Gasteiger partial charge in [0.25, 0.3) is 0 Å². The van der Waals surface area contributed by atoms with Gasteiger partial charge < -0.3 is 39.0 Å². The molecule has 1 saturated heterocycles. The van der Waals surface area contributed by atoms with Crippen molar-refractivity contribution in [3.8, 4) is 0 Å². The van der Waals surface area contributed by atoms with Crippen LogP contribution in [0.1, 0.15) is 239 Å². The Morgan fingerprint density at radius 2 is 0.840 bits per heavy atom. The molecule has 6 atom stereocenters. The quantitative estimate of drug-likeness (QED) is 0.0228. The summed E-state index contributed by atoms with van der Waals surface area (Å²) in [6.07, 6.45) is 52.7. The molecule has 0 aromatic heterocycles. The smallest absolute Gasteiger partial charge is 0.335 e. The summed E-state index contributed by atoms with van der Waals surface area (Å²) in [6.45, 7) is 5.72. The third-order valence-electron chi connectivity index (χ3n) is 13.0. The minimum atomic E-state index is -1.91. The van der Waals surface area contributed by atoms with E-state index >= 15 is 0 Å². The van der Waals surface area contributed by atoms with E-state index in [-0.39, 0.29) is 25.9 Å². The number of carboxylic acids is 1. The van der Waals surface area contributed by atoms with Crippen LogP contribution in [0.3, 0.4) is 0 Å². The highest BCUT2D eigenvalue weighted by Crippen LogP contribution is 2.26. The van der Waals surface area contributed by atoms with Gasteiger partial charge >= 0.3 is 23.9 Å². The van der Waals surface area contributed by atoms with E-state index in [0.717, 1.165) is 122 Å². The van der Waals surface area contributed by atoms with Gasteiger partial charge in [0, 0.05) is 19.3 Å². The number of aliphatic hydroxyl groups is 2. The maximum atomic E-state index is 13.1. The number of aliphatic hydroxyl groups excluding tert-OH is 2. The van der Waals surface area contributed by atoms with Crippen LogP contribution < -0.4 is 0 Å². The molecule has 0 amide bonds. The van der Waals surface area contributed by atoms with Crippen LogP contribution in [0.5, 0.6) is 0 Å². The van der Waals surface area contributed by atoms with Gasteiger partial charge in [-0.1, -0.05) is 215 Å². The van der Waals surface area contributed by atoms with Crippen LogP contribution in [0, 0.1) is 0 Å². The number of unbranched alkanes of at least 4 members (excludes halogenated alkanes) is 21. The van der Waals surface area contributed by atoms with Gasteiger partial charge in [0.2, 0.25) is 0 Å². The second-order valence-electron chi connectivity index (χ2n) is 19.9. The first-order valence-corrected chi connectivity index (χ1v) is 29.6. The number of esters is 3. The lowest BCUT2D eigenvalue weighted by atomic mass is 9.98. The standard InChI is InChI=1S/C63H104O12/c1-4-7-10-13-16-19-22-25-27-28-30-32-34-37-40-43-46-49-55(64)71-52-54(73-56(65)50-47-44-41-38-36-33-29-26-23-20-17-14-11-8-5-2)53-72-63-61(59(68)58(67)60(75-63)62(69)70)74-57(66)51-48-45-42-39-35-31-24-21-18-15-12-9-6-3/h7-8,10-11,16-17,19-20,25-27,29,36,38,54,58-61,63,67-68H,4-6,9,12-15,18,21-24,28,30-35,37,39-53H2,1-3H3,(H,69,70)/b10-7-,11-8-,19-16-,20-17-,27-25-,29-26-,38-36-. The zero-order valence-electron chi connectivity index (χ0n) is 47.0. The molecule has 1 heterocycles. The zero-order chi connectivity index (χ0) is 54.7. The number of carboxylic acid groups (broad SMARTS) is 1. The largest absolute Gasteiger partial charge is 0.479 e. The molecule has 0 bridgehead atoms. The summed E-state index contributed by atoms with van der Waals surface area (Å²) in [5, 5.41) is 31.5. The molecule has 3 N–H and O–H groups in total. The van der Waals surface area contributed by atoms with Crippen LogP contribution in [-0.4, -0.2) is 89.2 Å². The van der Waals surface area contributed by atoms with Gasteiger partial charge in [0.05, 0.1) is 6.61 Å². The zero-order valence-corrected chi connectivity index (χ0v) is 47.0. The predicted octanol–water partition coefficient (Wildman–Crippen LogP) is 15.1. The summed E-state index contributed by atoms with van der Waals surface area (Å²) in [4.78, 5) is 51.1. The van der Waals surface area contributed by atoms with Crippen molar-refractivity contribution in [3.05, 3.63) is 85.1 Å². The Balaban J connectivity index is 2.72. The van der Waals surface area contributed by atoms with Crippen molar-refractivity contribution >= 4 is 23.9 Å². The van der Waals surface area contributed by atoms with E-state index in [2.05, 4.69) is 106 Å². The lowest BCUT2D eigenvalue weighted by Gasteiger charge is -2.40. The molecule has 0 spiro atoms. The molecule has 75 heavy (non-hydrogen) atoms. The molecular formula is C63H104O12. The van der Waals surface area contributed by atoms with Crippen molar-refractivity contribution in [3.63, 3.8) is 0 Å². The highest BCUT2D eigenvalue weighted by molar-refractivity contribution is 5.74. The number of allylic oxidation sites excluding steroid dienone is 14. The summed E-state index contributed by atoms with van der Waals surface area (Å²) >= 11 is 0. The molecule has 0 aromatic rings. The maximum absolute atomic E-state index is 13.1. The predicted molar refractivity (Wildman–Crippen MR) is 303 cm³/mol. The van der Waals surface area contributed by atoms with Gasteiger partial charge in [-0.3, -0.25) is 14.4 Å². The Labute approximate surface area is 454 Å². The summed E-state index contributed by atoms with van der Waals surface area (Å²) in [6, 6.07) is 0. The van der Waals surface area contributed by atoms with Crippen LogP contribution in [0.2, 0.25) is 0 Å². The number of aliphatic carboxylic acids is 1. The lowest BCUT2D eigenvalue weighted by molar-refractivity contribution is -0.301. The molecule has 0 aliphatic carbocycles. The van der Waals surface area contributed by atoms with E-state index in [0.29, 0.717) is 19.3 Å². The highest BCUT2D eigenvalue weighted by atomic mass is 16.7. The number of carbonyl (C=O) groups excluding carboxylic acids is 3. The molecule has 1 rings (SSSR count). The SMILES string of the molecule is CC/C=C\C/C=C\C/C=C\C/C=C\CCCCC(=O)OC(COC(=O)CCCCCCCCC/C=C\C/C=C\C/C=C\CC)COC1OC(C(=O)O)C(O)C(O)C1OC(=O)CCCCCCCCCCCCCCC. The van der Waals surface area contributed by atoms with Gasteiger partial charge in [-0.05, 0) is 89.9 Å². The Hall–Kier alpha value is -4.10.